The Bertz CT molecular complexity index is 820. The van der Waals surface area contributed by atoms with Crippen LogP contribution in [0.1, 0.15) is 23.8 Å². The molecule has 2 amide bonds. The van der Waals surface area contributed by atoms with E-state index in [1.807, 2.05) is 15.9 Å². The van der Waals surface area contributed by atoms with E-state index in [0.29, 0.717) is 28.8 Å². The third-order valence-corrected chi connectivity index (χ3v) is 5.61. The summed E-state index contributed by atoms with van der Waals surface area (Å²) in [7, 11) is 0. The monoisotopic (exact) mass is 351 g/mol. The average Bonchev–Trinajstić information content (AvgIpc) is 2.96. The van der Waals surface area contributed by atoms with Gasteiger partial charge in [0.25, 0.3) is 5.91 Å². The lowest BCUT2D eigenvalue weighted by Gasteiger charge is -2.56. The van der Waals surface area contributed by atoms with Gasteiger partial charge in [0, 0.05) is 30.9 Å². The van der Waals surface area contributed by atoms with E-state index < -0.39 is 0 Å². The fourth-order valence-electron chi connectivity index (χ4n) is 3.59. The molecular weight excluding hydrogens is 337 g/mol. The number of carbonyl (C=O) groups is 2. The van der Waals surface area contributed by atoms with Gasteiger partial charge >= 0.3 is 0 Å². The molecule has 4 heterocycles. The van der Waals surface area contributed by atoms with Gasteiger partial charge in [0.2, 0.25) is 5.91 Å². The molecule has 2 bridgehead atoms. The SMILES string of the molecule is CC(=O)N1CC2CC(C1)N2C(=O)c1cc2c(Cl)c(Cl)ccc2[nH]1. The van der Waals surface area contributed by atoms with Crippen molar-refractivity contribution in [1.29, 1.82) is 0 Å². The second-order valence-electron chi connectivity index (χ2n) is 6.19. The van der Waals surface area contributed by atoms with Crippen LogP contribution in [0.15, 0.2) is 18.2 Å². The van der Waals surface area contributed by atoms with Gasteiger partial charge in [-0.2, -0.15) is 0 Å². The van der Waals surface area contributed by atoms with Gasteiger partial charge < -0.3 is 14.8 Å². The standard InChI is InChI=1S/C16H15Cl2N3O2/c1-8(22)20-6-9-4-10(7-20)21(9)16(23)14-5-11-13(19-14)3-2-12(17)15(11)18/h2-3,5,9-10,19H,4,6-7H2,1H3. The van der Waals surface area contributed by atoms with Crippen LogP contribution in [0.2, 0.25) is 10.0 Å². The molecule has 0 spiro atoms. The highest BCUT2D eigenvalue weighted by Gasteiger charge is 2.48. The number of nitrogens with one attached hydrogen (secondary N) is 1. The van der Waals surface area contributed by atoms with Gasteiger partial charge in [-0.25, -0.2) is 0 Å². The molecule has 1 aromatic heterocycles. The highest BCUT2D eigenvalue weighted by atomic mass is 35.5. The number of piperazine rings is 1. The van der Waals surface area contributed by atoms with E-state index in [9.17, 15) is 9.59 Å². The molecule has 23 heavy (non-hydrogen) atoms. The van der Waals surface area contributed by atoms with Gasteiger partial charge in [0.1, 0.15) is 5.69 Å². The summed E-state index contributed by atoms with van der Waals surface area (Å²) in [6.07, 6.45) is 0.961. The predicted molar refractivity (Wildman–Crippen MR) is 88.9 cm³/mol. The number of hydrogen-bond donors (Lipinski definition) is 1. The van der Waals surface area contributed by atoms with Crippen LogP contribution in [-0.4, -0.2) is 51.8 Å². The van der Waals surface area contributed by atoms with Gasteiger partial charge in [-0.1, -0.05) is 23.2 Å². The molecule has 3 aliphatic rings. The Morgan fingerprint density at radius 2 is 1.91 bits per heavy atom. The minimum absolute atomic E-state index is 0.0437. The van der Waals surface area contributed by atoms with Crippen LogP contribution in [0.3, 0.4) is 0 Å². The first-order valence-electron chi connectivity index (χ1n) is 7.50. The van der Waals surface area contributed by atoms with Crippen LogP contribution < -0.4 is 0 Å². The van der Waals surface area contributed by atoms with Crippen LogP contribution >= 0.6 is 23.2 Å². The molecule has 1 aromatic carbocycles. The summed E-state index contributed by atoms with van der Waals surface area (Å²) >= 11 is 12.2. The Labute approximate surface area is 143 Å². The quantitative estimate of drug-likeness (QED) is 0.858. The topological polar surface area (TPSA) is 56.4 Å². The molecule has 7 heteroatoms. The van der Waals surface area contributed by atoms with Crippen molar-refractivity contribution in [2.75, 3.05) is 13.1 Å². The summed E-state index contributed by atoms with van der Waals surface area (Å²) in [6, 6.07) is 5.49. The zero-order valence-corrected chi connectivity index (χ0v) is 14.0. The minimum Gasteiger partial charge on any atom is -0.350 e. The first kappa shape index (κ1) is 14.8. The second kappa shape index (κ2) is 5.14. The van der Waals surface area contributed by atoms with Gasteiger partial charge in [0.15, 0.2) is 0 Å². The number of rotatable bonds is 1. The highest BCUT2D eigenvalue weighted by Crippen LogP contribution is 2.35. The number of benzene rings is 1. The Morgan fingerprint density at radius 1 is 1.22 bits per heavy atom. The predicted octanol–water partition coefficient (Wildman–Crippen LogP) is 2.92. The van der Waals surface area contributed by atoms with E-state index in [-0.39, 0.29) is 23.9 Å². The summed E-state index contributed by atoms with van der Waals surface area (Å²) in [5, 5.41) is 1.67. The van der Waals surface area contributed by atoms with E-state index >= 15 is 0 Å². The number of amides is 2. The molecular formula is C16H15Cl2N3O2. The molecule has 0 radical (unpaired) electrons. The van der Waals surface area contributed by atoms with Crippen molar-refractivity contribution in [2.24, 2.45) is 0 Å². The van der Waals surface area contributed by atoms with Gasteiger partial charge in [0.05, 0.1) is 22.1 Å². The maximum Gasteiger partial charge on any atom is 0.270 e. The fraction of sp³-hybridized carbons (Fsp3) is 0.375. The maximum atomic E-state index is 12.8. The van der Waals surface area contributed by atoms with E-state index in [1.54, 1.807) is 19.1 Å². The van der Waals surface area contributed by atoms with Crippen molar-refractivity contribution in [3.63, 3.8) is 0 Å². The number of piperidine rings is 1. The van der Waals surface area contributed by atoms with E-state index in [1.165, 1.54) is 0 Å². The number of H-pyrrole nitrogens is 1. The Kier molecular flexibility index (Phi) is 3.32. The molecule has 2 atom stereocenters. The lowest BCUT2D eigenvalue weighted by Crippen LogP contribution is -2.70. The maximum absolute atomic E-state index is 12.8. The Morgan fingerprint density at radius 3 is 2.57 bits per heavy atom. The molecule has 1 N–H and O–H groups in total. The molecule has 5 nitrogen and oxygen atoms in total. The van der Waals surface area contributed by atoms with E-state index in [2.05, 4.69) is 4.98 Å². The van der Waals surface area contributed by atoms with E-state index in [0.717, 1.165) is 17.3 Å². The smallest absolute Gasteiger partial charge is 0.270 e. The van der Waals surface area contributed by atoms with Crippen LogP contribution in [0.5, 0.6) is 0 Å². The third kappa shape index (κ3) is 2.22. The van der Waals surface area contributed by atoms with Crippen LogP contribution in [0.4, 0.5) is 0 Å². The summed E-state index contributed by atoms with van der Waals surface area (Å²) in [5.74, 6) is 0.0247. The number of nitrogens with zero attached hydrogens (tertiary/aromatic N) is 2. The van der Waals surface area contributed by atoms with Gasteiger partial charge in [-0.3, -0.25) is 9.59 Å². The molecule has 3 saturated heterocycles. The Hall–Kier alpha value is -1.72. The largest absolute Gasteiger partial charge is 0.350 e. The number of halogens is 2. The van der Waals surface area contributed by atoms with Gasteiger partial charge in [-0.15, -0.1) is 0 Å². The highest BCUT2D eigenvalue weighted by molar-refractivity contribution is 6.45. The molecule has 0 saturated carbocycles. The summed E-state index contributed by atoms with van der Waals surface area (Å²) in [4.78, 5) is 31.1. The van der Waals surface area contributed by atoms with Crippen molar-refractivity contribution >= 4 is 45.9 Å². The number of aromatic nitrogens is 1. The molecule has 120 valence electrons. The molecule has 3 fully saturated rings. The summed E-state index contributed by atoms with van der Waals surface area (Å²) < 4.78 is 0. The van der Waals surface area contributed by atoms with Crippen molar-refractivity contribution in [1.82, 2.24) is 14.8 Å². The molecule has 3 aliphatic heterocycles. The first-order valence-corrected chi connectivity index (χ1v) is 8.26. The number of fused-ring (bicyclic) bond motifs is 3. The molecule has 0 aliphatic carbocycles. The lowest BCUT2D eigenvalue weighted by atomic mass is 9.87. The van der Waals surface area contributed by atoms with Crippen molar-refractivity contribution in [3.05, 3.63) is 33.9 Å². The van der Waals surface area contributed by atoms with Crippen molar-refractivity contribution in [2.45, 2.75) is 25.4 Å². The fourth-order valence-corrected chi connectivity index (χ4v) is 3.98. The zero-order chi connectivity index (χ0) is 16.3. The van der Waals surface area contributed by atoms with Crippen molar-refractivity contribution in [3.8, 4) is 0 Å². The molecule has 5 rings (SSSR count). The molecule has 2 aromatic rings. The first-order chi connectivity index (χ1) is 11.0. The van der Waals surface area contributed by atoms with Crippen LogP contribution in [-0.2, 0) is 4.79 Å². The minimum atomic E-state index is -0.0437. The third-order valence-electron chi connectivity index (χ3n) is 4.79. The number of aromatic amines is 1. The normalized spacial score (nSPS) is 23.1. The molecule has 2 unspecified atom stereocenters. The van der Waals surface area contributed by atoms with Crippen molar-refractivity contribution < 1.29 is 9.59 Å². The van der Waals surface area contributed by atoms with Gasteiger partial charge in [-0.05, 0) is 24.6 Å². The summed E-state index contributed by atoms with van der Waals surface area (Å²) in [5.41, 5.74) is 1.30. The number of hydrogen-bond acceptors (Lipinski definition) is 2. The zero-order valence-electron chi connectivity index (χ0n) is 12.5. The average molecular weight is 352 g/mol. The van der Waals surface area contributed by atoms with Crippen LogP contribution in [0.25, 0.3) is 10.9 Å². The van der Waals surface area contributed by atoms with E-state index in [4.69, 9.17) is 23.2 Å². The second-order valence-corrected chi connectivity index (χ2v) is 6.97. The summed E-state index contributed by atoms with van der Waals surface area (Å²) in [6.45, 7) is 2.80. The Balaban J connectivity index is 1.61. The lowest BCUT2D eigenvalue weighted by molar-refractivity contribution is -0.138. The number of carbonyl (C=O) groups excluding carboxylic acids is 2. The van der Waals surface area contributed by atoms with Crippen LogP contribution in [0, 0.1) is 0 Å².